The van der Waals surface area contributed by atoms with Crippen LogP contribution in [0.5, 0.6) is 0 Å². The molecule has 1 fully saturated rings. The maximum absolute atomic E-state index is 12.1. The molecule has 5 nitrogen and oxygen atoms in total. The summed E-state index contributed by atoms with van der Waals surface area (Å²) in [6.07, 6.45) is 8.41. The van der Waals surface area contributed by atoms with E-state index in [1.807, 2.05) is 0 Å². The van der Waals surface area contributed by atoms with Crippen LogP contribution in [0.1, 0.15) is 44.9 Å². The van der Waals surface area contributed by atoms with Crippen molar-refractivity contribution in [2.24, 2.45) is 0 Å². The van der Waals surface area contributed by atoms with Crippen LogP contribution in [0.2, 0.25) is 0 Å². The van der Waals surface area contributed by atoms with E-state index in [1.165, 1.54) is 45.2 Å². The minimum Gasteiger partial charge on any atom is -0.399 e. The van der Waals surface area contributed by atoms with Crippen LogP contribution in [-0.2, 0) is 10.0 Å². The van der Waals surface area contributed by atoms with Crippen LogP contribution in [0.3, 0.4) is 0 Å². The molecule has 0 spiro atoms. The summed E-state index contributed by atoms with van der Waals surface area (Å²) in [4.78, 5) is 0.229. The third-order valence-electron chi connectivity index (χ3n) is 4.03. The maximum atomic E-state index is 12.1. The molecule has 0 atom stereocenters. The average Bonchev–Trinajstić information content (AvgIpc) is 2.43. The van der Waals surface area contributed by atoms with E-state index < -0.39 is 10.0 Å². The Bertz CT molecular complexity index is 564. The topological polar surface area (TPSA) is 84.2 Å². The van der Waals surface area contributed by atoms with E-state index in [2.05, 4.69) is 10.0 Å². The van der Waals surface area contributed by atoms with Crippen molar-refractivity contribution in [2.75, 3.05) is 18.1 Å². The summed E-state index contributed by atoms with van der Waals surface area (Å²) < 4.78 is 26.6. The Kier molecular flexibility index (Phi) is 5.47. The summed E-state index contributed by atoms with van der Waals surface area (Å²) in [6.45, 7) is 0. The third-order valence-corrected chi connectivity index (χ3v) is 5.48. The third kappa shape index (κ3) is 4.35. The Hall–Kier alpha value is -1.27. The fourth-order valence-electron chi connectivity index (χ4n) is 2.81. The van der Waals surface area contributed by atoms with Crippen LogP contribution < -0.4 is 15.8 Å². The predicted molar refractivity (Wildman–Crippen MR) is 86.8 cm³/mol. The molecule has 1 aliphatic rings. The van der Waals surface area contributed by atoms with Crippen LogP contribution in [0.25, 0.3) is 0 Å². The van der Waals surface area contributed by atoms with Crippen LogP contribution in [0, 0.1) is 0 Å². The highest BCUT2D eigenvalue weighted by atomic mass is 32.2. The van der Waals surface area contributed by atoms with E-state index >= 15 is 0 Å². The molecule has 0 radical (unpaired) electrons. The highest BCUT2D eigenvalue weighted by Gasteiger charge is 2.19. The molecule has 1 saturated carbocycles. The number of anilines is 2. The zero-order valence-electron chi connectivity index (χ0n) is 12.6. The van der Waals surface area contributed by atoms with Gasteiger partial charge in [-0.2, -0.15) is 0 Å². The quantitative estimate of drug-likeness (QED) is 0.746. The van der Waals surface area contributed by atoms with Gasteiger partial charge in [-0.3, -0.25) is 0 Å². The zero-order chi connectivity index (χ0) is 15.3. The second-order valence-corrected chi connectivity index (χ2v) is 7.50. The first kappa shape index (κ1) is 16.1. The van der Waals surface area contributed by atoms with E-state index in [0.717, 1.165) is 12.8 Å². The largest absolute Gasteiger partial charge is 0.399 e. The minimum atomic E-state index is -3.51. The summed E-state index contributed by atoms with van der Waals surface area (Å²) in [6, 6.07) is 5.34. The van der Waals surface area contributed by atoms with Gasteiger partial charge in [-0.25, -0.2) is 13.1 Å². The fourth-order valence-corrected chi connectivity index (χ4v) is 3.74. The highest BCUT2D eigenvalue weighted by Crippen LogP contribution is 2.27. The van der Waals surface area contributed by atoms with Crippen molar-refractivity contribution in [3.63, 3.8) is 0 Å². The lowest BCUT2D eigenvalue weighted by Gasteiger charge is -2.23. The molecule has 4 N–H and O–H groups in total. The molecule has 0 bridgehead atoms. The molecule has 0 aliphatic heterocycles. The van der Waals surface area contributed by atoms with Crippen molar-refractivity contribution in [3.05, 3.63) is 18.2 Å². The molecule has 1 aromatic rings. The number of benzene rings is 1. The molecule has 0 amide bonds. The van der Waals surface area contributed by atoms with Gasteiger partial charge < -0.3 is 11.1 Å². The lowest BCUT2D eigenvalue weighted by molar-refractivity contribution is 0.471. The van der Waals surface area contributed by atoms with Gasteiger partial charge in [-0.1, -0.05) is 32.1 Å². The molecule has 2 rings (SSSR count). The zero-order valence-corrected chi connectivity index (χ0v) is 13.4. The molecular weight excluding hydrogens is 286 g/mol. The van der Waals surface area contributed by atoms with Crippen molar-refractivity contribution in [2.45, 2.75) is 55.9 Å². The first-order valence-electron chi connectivity index (χ1n) is 7.62. The summed E-state index contributed by atoms with van der Waals surface area (Å²) in [7, 11) is -2.10. The lowest BCUT2D eigenvalue weighted by Crippen LogP contribution is -2.25. The van der Waals surface area contributed by atoms with E-state index in [0.29, 0.717) is 17.4 Å². The lowest BCUT2D eigenvalue weighted by atomic mass is 9.96. The van der Waals surface area contributed by atoms with Gasteiger partial charge in [0.15, 0.2) is 0 Å². The molecule has 21 heavy (non-hydrogen) atoms. The number of nitrogen functional groups attached to an aromatic ring is 1. The molecule has 1 aliphatic carbocycles. The van der Waals surface area contributed by atoms with Gasteiger partial charge in [0.1, 0.15) is 4.90 Å². The summed E-state index contributed by atoms with van der Waals surface area (Å²) in [5, 5.41) is 3.41. The van der Waals surface area contributed by atoms with E-state index in [-0.39, 0.29) is 4.90 Å². The van der Waals surface area contributed by atoms with Gasteiger partial charge >= 0.3 is 0 Å². The SMILES string of the molecule is CNS(=O)(=O)c1cc(N)ccc1NC1CCCCCCC1. The predicted octanol–water partition coefficient (Wildman–Crippen LogP) is 2.70. The molecule has 6 heteroatoms. The van der Waals surface area contributed by atoms with Crippen LogP contribution >= 0.6 is 0 Å². The Morgan fingerprint density at radius 2 is 1.71 bits per heavy atom. The summed E-state index contributed by atoms with van der Waals surface area (Å²) >= 11 is 0. The molecule has 0 heterocycles. The van der Waals surface area contributed by atoms with Gasteiger partial charge in [-0.15, -0.1) is 0 Å². The Balaban J connectivity index is 2.22. The number of nitrogens with two attached hydrogens (primary N) is 1. The van der Waals surface area contributed by atoms with Crippen molar-refractivity contribution in [1.29, 1.82) is 0 Å². The van der Waals surface area contributed by atoms with E-state index in [9.17, 15) is 8.42 Å². The first-order chi connectivity index (χ1) is 10.0. The summed E-state index contributed by atoms with van der Waals surface area (Å²) in [5.41, 5.74) is 6.83. The van der Waals surface area contributed by atoms with Gasteiger partial charge in [0.2, 0.25) is 10.0 Å². The fraction of sp³-hybridized carbons (Fsp3) is 0.600. The second kappa shape index (κ2) is 7.13. The normalized spacial score (nSPS) is 18.0. The highest BCUT2D eigenvalue weighted by molar-refractivity contribution is 7.89. The van der Waals surface area contributed by atoms with Crippen LogP contribution in [0.4, 0.5) is 11.4 Å². The standard InChI is InChI=1S/C15H25N3O2S/c1-17-21(19,20)15-11-12(16)9-10-14(15)18-13-7-5-3-2-4-6-8-13/h9-11,13,17-18H,2-8,16H2,1H3. The first-order valence-corrected chi connectivity index (χ1v) is 9.11. The van der Waals surface area contributed by atoms with Gasteiger partial charge in [0.25, 0.3) is 0 Å². The number of sulfonamides is 1. The Labute approximate surface area is 127 Å². The Morgan fingerprint density at radius 3 is 2.33 bits per heavy atom. The van der Waals surface area contributed by atoms with Gasteiger partial charge in [-0.05, 0) is 38.1 Å². The molecule has 0 unspecified atom stereocenters. The molecule has 0 saturated heterocycles. The van der Waals surface area contributed by atoms with Crippen molar-refractivity contribution in [1.82, 2.24) is 4.72 Å². The minimum absolute atomic E-state index is 0.229. The van der Waals surface area contributed by atoms with Gasteiger partial charge in [0.05, 0.1) is 5.69 Å². The number of hydrogen-bond acceptors (Lipinski definition) is 4. The number of hydrogen-bond donors (Lipinski definition) is 3. The second-order valence-electron chi connectivity index (χ2n) is 5.65. The average molecular weight is 311 g/mol. The van der Waals surface area contributed by atoms with Crippen LogP contribution in [-0.4, -0.2) is 21.5 Å². The van der Waals surface area contributed by atoms with Crippen molar-refractivity contribution in [3.8, 4) is 0 Å². The van der Waals surface area contributed by atoms with E-state index in [4.69, 9.17) is 5.73 Å². The Morgan fingerprint density at radius 1 is 1.10 bits per heavy atom. The smallest absolute Gasteiger partial charge is 0.242 e. The molecule has 0 aromatic heterocycles. The monoisotopic (exact) mass is 311 g/mol. The van der Waals surface area contributed by atoms with Crippen molar-refractivity contribution >= 4 is 21.4 Å². The number of rotatable bonds is 4. The van der Waals surface area contributed by atoms with E-state index in [1.54, 1.807) is 12.1 Å². The molecule has 1 aromatic carbocycles. The molecule has 118 valence electrons. The molecular formula is C15H25N3O2S. The summed E-state index contributed by atoms with van der Waals surface area (Å²) in [5.74, 6) is 0. The van der Waals surface area contributed by atoms with Gasteiger partial charge in [0, 0.05) is 11.7 Å². The number of nitrogens with one attached hydrogen (secondary N) is 2. The van der Waals surface area contributed by atoms with Crippen molar-refractivity contribution < 1.29 is 8.42 Å². The maximum Gasteiger partial charge on any atom is 0.242 e. The van der Waals surface area contributed by atoms with Crippen LogP contribution in [0.15, 0.2) is 23.1 Å².